The van der Waals surface area contributed by atoms with Gasteiger partial charge < -0.3 is 0 Å². The third-order valence-electron chi connectivity index (χ3n) is 6.75. The Morgan fingerprint density at radius 2 is 0.472 bits per heavy atom. The van der Waals surface area contributed by atoms with Crippen molar-refractivity contribution in [3.63, 3.8) is 0 Å². The number of hydrogen-bond donors (Lipinski definition) is 0. The van der Waals surface area contributed by atoms with E-state index < -0.39 is 15.8 Å². The molecule has 7 radical (unpaired) electrons. The van der Waals surface area contributed by atoms with Crippen molar-refractivity contribution < 1.29 is 56.1 Å². The van der Waals surface area contributed by atoms with Crippen molar-refractivity contribution in [2.45, 2.75) is 0 Å². The van der Waals surface area contributed by atoms with E-state index in [4.69, 9.17) is 14.0 Å². The molecule has 0 saturated heterocycles. The smallest absolute Gasteiger partial charge is 0 e. The number of benzene rings is 6. The van der Waals surface area contributed by atoms with Crippen LogP contribution in [0.2, 0.25) is 0 Å². The molecule has 7 heteroatoms. The van der Waals surface area contributed by atoms with E-state index in [1.807, 2.05) is 32.1 Å². The molecule has 263 valence electrons. The maximum atomic E-state index is 7.50. The SMILES string of the molecule is [C-]#[O+].[C-]#[O+].[C-]#[O+].[C]1=[C][CH][CH][CH][CH][CH]1.[Mo].[Pt].c1ccc(P(c2ccccc2)c2ccccc2)cc1.c1ccc(P(c2ccccc2)c2ccccc2)cc1. The Bertz CT molecular complexity index is 1480. The predicted molar refractivity (Wildman–Crippen MR) is 210 cm³/mol. The Balaban J connectivity index is 0.000000752. The first-order valence-electron chi connectivity index (χ1n) is 15.6. The Morgan fingerprint density at radius 1 is 0.302 bits per heavy atom. The van der Waals surface area contributed by atoms with Crippen molar-refractivity contribution in [3.05, 3.63) is 246 Å². The van der Waals surface area contributed by atoms with Gasteiger partial charge in [0, 0.05) is 42.1 Å². The molecule has 0 unspecified atom stereocenters. The molecule has 0 aromatic heterocycles. The molecule has 6 aromatic carbocycles. The van der Waals surface area contributed by atoms with Crippen LogP contribution in [-0.4, -0.2) is 0 Å². The van der Waals surface area contributed by atoms with Crippen LogP contribution in [0.1, 0.15) is 0 Å². The number of rotatable bonds is 6. The normalized spacial score (nSPS) is 10.6. The van der Waals surface area contributed by atoms with E-state index in [0.717, 1.165) is 0 Å². The van der Waals surface area contributed by atoms with Crippen molar-refractivity contribution >= 4 is 47.7 Å². The second-order valence-corrected chi connectivity index (χ2v) is 14.3. The Kier molecular flexibility index (Phi) is 30.9. The summed E-state index contributed by atoms with van der Waals surface area (Å²) in [6.07, 6.45) is 15.0. The Labute approximate surface area is 347 Å². The molecule has 0 heterocycles. The fourth-order valence-corrected chi connectivity index (χ4v) is 9.34. The molecule has 0 saturated carbocycles. The van der Waals surface area contributed by atoms with Gasteiger partial charge in [-0.25, -0.2) is 0 Å². The van der Waals surface area contributed by atoms with E-state index in [2.05, 4.69) is 214 Å². The van der Waals surface area contributed by atoms with Crippen molar-refractivity contribution in [2.75, 3.05) is 0 Å². The van der Waals surface area contributed by atoms with Gasteiger partial charge in [0.15, 0.2) is 0 Å². The molecular formula is C46H35MoO3P2Pt. The molecule has 0 atom stereocenters. The van der Waals surface area contributed by atoms with Crippen LogP contribution < -0.4 is 31.8 Å². The second-order valence-electron chi connectivity index (χ2n) is 9.88. The summed E-state index contributed by atoms with van der Waals surface area (Å²) in [7, 11) is -0.892. The van der Waals surface area contributed by atoms with E-state index in [9.17, 15) is 0 Å². The minimum Gasteiger partial charge on any atom is -0.0622 e. The average molecular weight is 989 g/mol. The fourth-order valence-electron chi connectivity index (χ4n) is 4.72. The quantitative estimate of drug-likeness (QED) is 0.0705. The zero-order chi connectivity index (χ0) is 36.8. The maximum absolute atomic E-state index is 7.50. The van der Waals surface area contributed by atoms with Crippen LogP contribution in [0, 0.1) is 64.2 Å². The topological polar surface area (TPSA) is 59.7 Å². The van der Waals surface area contributed by atoms with Crippen molar-refractivity contribution in [1.82, 2.24) is 0 Å². The van der Waals surface area contributed by atoms with E-state index >= 15 is 0 Å². The molecule has 0 bridgehead atoms. The molecule has 0 N–H and O–H groups in total. The van der Waals surface area contributed by atoms with Gasteiger partial charge in [0.25, 0.3) is 0 Å². The molecule has 1 aliphatic rings. The Hall–Kier alpha value is -3.48. The second kappa shape index (κ2) is 33.1. The van der Waals surface area contributed by atoms with Gasteiger partial charge in [-0.1, -0.05) is 182 Å². The first kappa shape index (κ1) is 49.5. The van der Waals surface area contributed by atoms with Gasteiger partial charge >= 0.3 is 33.9 Å². The molecule has 7 rings (SSSR count). The third kappa shape index (κ3) is 18.4. The van der Waals surface area contributed by atoms with Crippen molar-refractivity contribution in [1.29, 1.82) is 0 Å². The van der Waals surface area contributed by atoms with Gasteiger partial charge in [-0.05, 0) is 91.9 Å². The van der Waals surface area contributed by atoms with Crippen LogP contribution in [0.4, 0.5) is 0 Å². The molecule has 53 heavy (non-hydrogen) atoms. The van der Waals surface area contributed by atoms with Crippen LogP contribution >= 0.6 is 15.8 Å². The summed E-state index contributed by atoms with van der Waals surface area (Å²) < 4.78 is 22.5. The molecule has 0 amide bonds. The van der Waals surface area contributed by atoms with Crippen LogP contribution in [0.3, 0.4) is 0 Å². The largest absolute Gasteiger partial charge is 0.0622 e. The molecule has 0 aliphatic heterocycles. The Morgan fingerprint density at radius 3 is 0.642 bits per heavy atom. The van der Waals surface area contributed by atoms with Crippen LogP contribution in [0.5, 0.6) is 0 Å². The van der Waals surface area contributed by atoms with Gasteiger partial charge in [0.1, 0.15) is 0 Å². The first-order valence-corrected chi connectivity index (χ1v) is 18.3. The molecule has 1 aliphatic carbocycles. The molecular weight excluding hydrogens is 953 g/mol. The van der Waals surface area contributed by atoms with Crippen LogP contribution in [0.15, 0.2) is 182 Å². The predicted octanol–water partition coefficient (Wildman–Crippen LogP) is 7.96. The van der Waals surface area contributed by atoms with Crippen molar-refractivity contribution in [3.8, 4) is 0 Å². The average Bonchev–Trinajstić information content (AvgIpc) is 3.57. The van der Waals surface area contributed by atoms with E-state index in [0.29, 0.717) is 0 Å². The third-order valence-corrected chi connectivity index (χ3v) is 11.6. The van der Waals surface area contributed by atoms with Gasteiger partial charge in [-0.3, -0.25) is 0 Å². The summed E-state index contributed by atoms with van der Waals surface area (Å²) in [5.74, 6) is 0. The monoisotopic (exact) mass is 990 g/mol. The number of hydrogen-bond acceptors (Lipinski definition) is 0. The van der Waals surface area contributed by atoms with E-state index in [1.54, 1.807) is 0 Å². The standard InChI is InChI=1S/2C18H15P.C7H5.3CO.Mo.Pt/c2*1-4-10-16(11-5-1)19(17-12-6-2-7-13-17)18-14-8-3-9-15-18;1-2-4-6-7-5-3-1;3*1-2;;/h2*1-15H;1-5H;;;;;. The van der Waals surface area contributed by atoms with Gasteiger partial charge in [0.05, 0.1) is 0 Å². The van der Waals surface area contributed by atoms with Crippen molar-refractivity contribution in [2.24, 2.45) is 0 Å². The summed E-state index contributed by atoms with van der Waals surface area (Å²) in [5, 5.41) is 8.39. The zero-order valence-corrected chi connectivity index (χ0v) is 34.6. The van der Waals surface area contributed by atoms with Gasteiger partial charge in [-0.15, -0.1) is 0 Å². The molecule has 6 aromatic rings. The van der Waals surface area contributed by atoms with Gasteiger partial charge in [-0.2, -0.15) is 0 Å². The van der Waals surface area contributed by atoms with Gasteiger partial charge in [0.2, 0.25) is 0 Å². The summed E-state index contributed by atoms with van der Waals surface area (Å²) in [5.41, 5.74) is 0. The van der Waals surface area contributed by atoms with Crippen LogP contribution in [0.25, 0.3) is 0 Å². The first-order chi connectivity index (χ1) is 25.4. The fraction of sp³-hybridized carbons (Fsp3) is 0. The zero-order valence-electron chi connectivity index (χ0n) is 28.6. The molecule has 0 fully saturated rings. The summed E-state index contributed by atoms with van der Waals surface area (Å²) in [4.78, 5) is 0. The minimum absolute atomic E-state index is 0. The van der Waals surface area contributed by atoms with Crippen LogP contribution in [-0.2, 0) is 56.1 Å². The van der Waals surface area contributed by atoms with E-state index in [-0.39, 0.29) is 42.1 Å². The van der Waals surface area contributed by atoms with E-state index in [1.165, 1.54) is 31.8 Å². The molecule has 0 spiro atoms. The maximum Gasteiger partial charge on any atom is 0 e. The summed E-state index contributed by atoms with van der Waals surface area (Å²) >= 11 is 0. The summed E-state index contributed by atoms with van der Waals surface area (Å²) in [6.45, 7) is 13.5. The number of allylic oxidation sites excluding steroid dienone is 2. The summed E-state index contributed by atoms with van der Waals surface area (Å²) in [6, 6.07) is 64.7. The minimum atomic E-state index is -0.446. The molecule has 3 nitrogen and oxygen atoms in total.